The van der Waals surface area contributed by atoms with Crippen molar-refractivity contribution in [1.82, 2.24) is 9.88 Å². The number of Topliss-reactive ketones (excluding diaryl/α,β-unsaturated/α-hetero) is 1. The molecule has 5 fully saturated rings. The van der Waals surface area contributed by atoms with E-state index in [2.05, 4.69) is 28.6 Å². The lowest BCUT2D eigenvalue weighted by atomic mass is 9.70. The minimum Gasteiger partial charge on any atom is -0.493 e. The number of halogens is 2. The molecular weight excluding hydrogens is 1180 g/mol. The van der Waals surface area contributed by atoms with E-state index in [1.807, 2.05) is 66.8 Å². The molecule has 5 aliphatic rings. The molecule has 87 heavy (non-hydrogen) atoms. The number of rotatable bonds is 21. The van der Waals surface area contributed by atoms with Gasteiger partial charge in [0.15, 0.2) is 35.8 Å². The number of thioether (sulfide) groups is 1. The summed E-state index contributed by atoms with van der Waals surface area (Å²) in [5, 5.41) is 11.2. The monoisotopic (exact) mass is 1280 g/mol. The fourth-order valence-electron chi connectivity index (χ4n) is 14.3. The van der Waals surface area contributed by atoms with Crippen LogP contribution in [0.5, 0.6) is 11.5 Å². The average molecular weight is 1280 g/mol. The maximum Gasteiger partial charge on any atom is 0.320 e. The number of hydrogen-bond acceptors (Lipinski definition) is 20. The lowest BCUT2D eigenvalue weighted by molar-refractivity contribution is -0.320. The molecule has 5 heterocycles. The van der Waals surface area contributed by atoms with E-state index in [9.17, 15) is 14.7 Å². The number of anilines is 1. The lowest BCUT2D eigenvalue weighted by Gasteiger charge is -2.50. The summed E-state index contributed by atoms with van der Waals surface area (Å²) in [5.41, 5.74) is -2.48. The van der Waals surface area contributed by atoms with E-state index < -0.39 is 119 Å². The first-order chi connectivity index (χ1) is 41.0. The summed E-state index contributed by atoms with van der Waals surface area (Å²) in [6, 6.07) is 5.47. The van der Waals surface area contributed by atoms with Crippen LogP contribution in [0.25, 0.3) is 0 Å². The molecule has 0 radical (unpaired) electrons. The number of pyridine rings is 1. The van der Waals surface area contributed by atoms with Gasteiger partial charge in [-0.25, -0.2) is 0 Å². The maximum absolute atomic E-state index is 15.7. The highest BCUT2D eigenvalue weighted by Crippen LogP contribution is 2.50. The van der Waals surface area contributed by atoms with E-state index in [1.54, 1.807) is 54.3 Å². The number of carbonyl (C=O) groups excluding carboxylic acids is 4. The molecule has 1 aliphatic carbocycles. The van der Waals surface area contributed by atoms with E-state index in [4.69, 9.17) is 75.3 Å². The van der Waals surface area contributed by atoms with Crippen LogP contribution >= 0.6 is 35.0 Å². The lowest BCUT2D eigenvalue weighted by Crippen LogP contribution is -2.62. The molecule has 490 valence electrons. The van der Waals surface area contributed by atoms with Gasteiger partial charge in [0.05, 0.1) is 70.8 Å². The number of aliphatic hydroxyl groups is 1. The fraction of sp³-hybridized carbons (Fsp3) is 0.769. The van der Waals surface area contributed by atoms with Gasteiger partial charge in [-0.15, -0.1) is 11.8 Å². The summed E-state index contributed by atoms with van der Waals surface area (Å²) >= 11 is 15.0. The molecule has 4 aliphatic heterocycles. The van der Waals surface area contributed by atoms with Crippen LogP contribution in [-0.2, 0) is 68.4 Å². The number of ketones is 1. The van der Waals surface area contributed by atoms with Crippen LogP contribution in [0.1, 0.15) is 147 Å². The molecule has 2 aromatic rings. The van der Waals surface area contributed by atoms with Gasteiger partial charge in [0.2, 0.25) is 0 Å². The van der Waals surface area contributed by atoms with E-state index in [0.29, 0.717) is 52.4 Å². The molecule has 1 N–H and O–H groups in total. The van der Waals surface area contributed by atoms with Gasteiger partial charge in [-0.1, -0.05) is 64.7 Å². The summed E-state index contributed by atoms with van der Waals surface area (Å²) in [4.78, 5) is 67.5. The number of ether oxygens (including phenoxy) is 11. The van der Waals surface area contributed by atoms with Crippen molar-refractivity contribution in [2.75, 3.05) is 52.1 Å². The third-order valence-electron chi connectivity index (χ3n) is 19.2. The molecule has 19 nitrogen and oxygen atoms in total. The van der Waals surface area contributed by atoms with E-state index in [1.165, 1.54) is 25.8 Å². The number of likely N-dealkylation sites (N-methyl/N-ethyl adjacent to an activating group) is 1. The van der Waals surface area contributed by atoms with Gasteiger partial charge in [-0.2, -0.15) is 0 Å². The molecule has 7 rings (SSSR count). The van der Waals surface area contributed by atoms with Gasteiger partial charge in [0, 0.05) is 106 Å². The topological polar surface area (TPSA) is 209 Å². The van der Waals surface area contributed by atoms with Crippen molar-refractivity contribution in [3.8, 4) is 11.5 Å². The zero-order chi connectivity index (χ0) is 64.0. The third-order valence-corrected chi connectivity index (χ3v) is 21.1. The minimum atomic E-state index is -1.49. The molecule has 4 saturated heterocycles. The van der Waals surface area contributed by atoms with Crippen LogP contribution in [0.3, 0.4) is 0 Å². The molecule has 1 aromatic carbocycles. The SMILES string of the molecule is CC[C@H]1OC(=O)[C@H](C)[C@@H](O[C@H]2C[C@@](C)(OC)[C@@H](O)[C@H](C)O2)[C@H](C)[C@@H](O[C@@H]2O[C@H](C)C[C@H](N(C)CC(C)C)[C@H]2OC(C)=O)[C@](C)(OC)C[C@@H](C)C(=O)[C@H](C)[C@H]2C(SCCN(Cc3c(Cl)cncc3Cl)c3ccc(OC)c(OC4CCCC4)c3)C(=O)O[C@@]21C. The van der Waals surface area contributed by atoms with Crippen LogP contribution < -0.4 is 14.4 Å². The summed E-state index contributed by atoms with van der Waals surface area (Å²) in [7, 11) is 6.69. The highest BCUT2D eigenvalue weighted by atomic mass is 35.5. The third kappa shape index (κ3) is 16.2. The largest absolute Gasteiger partial charge is 0.493 e. The zero-order valence-electron chi connectivity index (χ0n) is 54.3. The Hall–Kier alpha value is -3.54. The molecule has 0 amide bonds. The molecule has 1 saturated carbocycles. The van der Waals surface area contributed by atoms with Gasteiger partial charge in [-0.05, 0) is 112 Å². The van der Waals surface area contributed by atoms with Crippen molar-refractivity contribution in [2.24, 2.45) is 35.5 Å². The molecule has 0 spiro atoms. The number of esters is 3. The molecular formula is C65H99Cl2N3O16S. The second-order valence-electron chi connectivity index (χ2n) is 26.2. The first kappa shape index (κ1) is 70.9. The second kappa shape index (κ2) is 30.3. The molecule has 0 bridgehead atoms. The number of methoxy groups -OCH3 is 3. The van der Waals surface area contributed by atoms with E-state index in [-0.39, 0.29) is 55.8 Å². The second-order valence-corrected chi connectivity index (χ2v) is 28.3. The van der Waals surface area contributed by atoms with Crippen molar-refractivity contribution < 1.29 is 76.4 Å². The first-order valence-corrected chi connectivity index (χ1v) is 33.1. The maximum atomic E-state index is 15.7. The Morgan fingerprint density at radius 3 is 2.16 bits per heavy atom. The summed E-state index contributed by atoms with van der Waals surface area (Å²) in [5.74, 6) is -4.26. The standard InChI is InChI=1S/C65H99Cl2N3O16S/c1-18-51-65(13)53(57(61(75)86-65)87-26-25-70(34-45-46(66)31-68-32-47(45)67)43-23-24-49(76-15)50(28-43)82-44-21-19-20-22-44)38(6)54(72)36(4)29-64(12,78-17)59(85-62-56(81-42(10)71)48(27-37(5)79-62)69(14)33-35(2)3)39(7)55(40(8)60(74)83-51)84-52-30-63(11,77-16)58(73)41(9)80-52/h23-24,28,31-32,35-41,44,48,51-53,55-59,62,73H,18-22,25-27,29-30,33-34H2,1-17H3/t36-,37-,38-,39+,40-,41+,48+,51-,52+,53+,55+,56-,57?,58+,59-,62+,63-,64-,65-/m1/s1. The van der Waals surface area contributed by atoms with Crippen LogP contribution in [0.4, 0.5) is 5.69 Å². The van der Waals surface area contributed by atoms with Gasteiger partial charge in [0.1, 0.15) is 23.2 Å². The quantitative estimate of drug-likeness (QED) is 0.0910. The van der Waals surface area contributed by atoms with Gasteiger partial charge in [-0.3, -0.25) is 29.1 Å². The molecule has 22 heteroatoms. The average Bonchev–Trinajstić information content (AvgIpc) is 1.69. The smallest absolute Gasteiger partial charge is 0.320 e. The number of hydrogen-bond donors (Lipinski definition) is 1. The Labute approximate surface area is 530 Å². The van der Waals surface area contributed by atoms with Crippen molar-refractivity contribution in [2.45, 2.75) is 237 Å². The van der Waals surface area contributed by atoms with Crippen LogP contribution in [0.15, 0.2) is 30.6 Å². The highest BCUT2D eigenvalue weighted by Gasteiger charge is 2.62. The number of fused-ring (bicyclic) bond motifs is 1. The van der Waals surface area contributed by atoms with Crippen LogP contribution in [0.2, 0.25) is 10.0 Å². The van der Waals surface area contributed by atoms with Crippen molar-refractivity contribution in [3.05, 3.63) is 46.2 Å². The fourth-order valence-corrected chi connectivity index (χ4v) is 16.3. The number of cyclic esters (lactones) is 1. The van der Waals surface area contributed by atoms with Gasteiger partial charge in [0.25, 0.3) is 0 Å². The van der Waals surface area contributed by atoms with E-state index >= 15 is 9.59 Å². The van der Waals surface area contributed by atoms with Crippen molar-refractivity contribution in [3.63, 3.8) is 0 Å². The molecule has 1 aromatic heterocycles. The number of nitrogens with zero attached hydrogens (tertiary/aromatic N) is 3. The Bertz CT molecular complexity index is 2640. The van der Waals surface area contributed by atoms with Crippen molar-refractivity contribution >= 4 is 64.3 Å². The van der Waals surface area contributed by atoms with Gasteiger partial charge >= 0.3 is 17.9 Å². The summed E-state index contributed by atoms with van der Waals surface area (Å²) in [6.07, 6.45) is -0.154. The summed E-state index contributed by atoms with van der Waals surface area (Å²) in [6.45, 7) is 25.2. The predicted molar refractivity (Wildman–Crippen MR) is 333 cm³/mol. The Morgan fingerprint density at radius 2 is 1.55 bits per heavy atom. The first-order valence-electron chi connectivity index (χ1n) is 31.3. The number of aliphatic hydroxyl groups excluding tert-OH is 1. The summed E-state index contributed by atoms with van der Waals surface area (Å²) < 4.78 is 71.8. The predicted octanol–water partition coefficient (Wildman–Crippen LogP) is 10.7. The van der Waals surface area contributed by atoms with E-state index in [0.717, 1.165) is 31.4 Å². The molecule has 19 atom stereocenters. The number of carbonyl (C=O) groups is 4. The number of aromatic nitrogens is 1. The minimum absolute atomic E-state index is 0.0585. The highest BCUT2D eigenvalue weighted by molar-refractivity contribution is 8.00. The van der Waals surface area contributed by atoms with Crippen molar-refractivity contribution in [1.29, 1.82) is 0 Å². The van der Waals surface area contributed by atoms with Crippen LogP contribution in [-0.4, -0.2) is 175 Å². The Balaban J connectivity index is 1.29. The van der Waals surface area contributed by atoms with Gasteiger partial charge < -0.3 is 62.1 Å². The zero-order valence-corrected chi connectivity index (χ0v) is 56.7. The molecule has 1 unspecified atom stereocenters. The number of benzene rings is 1. The Morgan fingerprint density at radius 1 is 0.885 bits per heavy atom. The Kier molecular flexibility index (Phi) is 24.7. The van der Waals surface area contributed by atoms with Crippen LogP contribution in [0, 0.1) is 35.5 Å². The normalized spacial score (nSPS) is 36.5.